The summed E-state index contributed by atoms with van der Waals surface area (Å²) in [5, 5.41) is 0. The van der Waals surface area contributed by atoms with Crippen molar-refractivity contribution in [1.82, 2.24) is 4.90 Å². The lowest BCUT2D eigenvalue weighted by Crippen LogP contribution is -2.40. The molecule has 2 rings (SSSR count). The third kappa shape index (κ3) is 2.13. The Kier molecular flexibility index (Phi) is 2.63. The molecule has 1 heteroatoms. The second-order valence-corrected chi connectivity index (χ2v) is 6.75. The molecule has 0 aromatic carbocycles. The minimum atomic E-state index is 0.529. The highest BCUT2D eigenvalue weighted by Crippen LogP contribution is 2.46. The van der Waals surface area contributed by atoms with E-state index in [1.54, 1.807) is 0 Å². The van der Waals surface area contributed by atoms with Gasteiger partial charge in [-0.15, -0.1) is 0 Å². The number of hydrogen-bond acceptors (Lipinski definition) is 1. The monoisotopic (exact) mass is 195 g/mol. The molecule has 2 bridgehead atoms. The highest BCUT2D eigenvalue weighted by atomic mass is 15.1. The second kappa shape index (κ2) is 3.52. The van der Waals surface area contributed by atoms with Crippen molar-refractivity contribution in [3.05, 3.63) is 0 Å². The van der Waals surface area contributed by atoms with Crippen LogP contribution in [0.2, 0.25) is 0 Å². The second-order valence-electron chi connectivity index (χ2n) is 6.75. The number of likely N-dealkylation sites (tertiary alicyclic amines) is 1. The number of nitrogens with zero attached hydrogens (tertiary/aromatic N) is 1. The van der Waals surface area contributed by atoms with E-state index in [-0.39, 0.29) is 0 Å². The van der Waals surface area contributed by atoms with E-state index in [0.29, 0.717) is 5.41 Å². The van der Waals surface area contributed by atoms with Crippen LogP contribution in [0.1, 0.15) is 40.0 Å². The molecule has 1 heterocycles. The van der Waals surface area contributed by atoms with Gasteiger partial charge in [-0.05, 0) is 49.5 Å². The largest absolute Gasteiger partial charge is 0.306 e. The van der Waals surface area contributed by atoms with Gasteiger partial charge in [0.15, 0.2) is 0 Å². The van der Waals surface area contributed by atoms with Crippen molar-refractivity contribution >= 4 is 0 Å². The van der Waals surface area contributed by atoms with E-state index in [4.69, 9.17) is 0 Å². The highest BCUT2D eigenvalue weighted by molar-refractivity contribution is 4.93. The molecule has 2 atom stereocenters. The lowest BCUT2D eigenvalue weighted by Gasteiger charge is -2.39. The van der Waals surface area contributed by atoms with Crippen molar-refractivity contribution in [2.24, 2.45) is 23.2 Å². The Morgan fingerprint density at radius 2 is 1.57 bits per heavy atom. The Labute approximate surface area is 88.9 Å². The number of hydrogen-bond donors (Lipinski definition) is 0. The van der Waals surface area contributed by atoms with Crippen LogP contribution in [0.25, 0.3) is 0 Å². The molecule has 14 heavy (non-hydrogen) atoms. The van der Waals surface area contributed by atoms with E-state index in [9.17, 15) is 0 Å². The zero-order valence-corrected chi connectivity index (χ0v) is 10.2. The smallest absolute Gasteiger partial charge is 0.000949 e. The molecule has 0 amide bonds. The van der Waals surface area contributed by atoms with E-state index >= 15 is 0 Å². The highest BCUT2D eigenvalue weighted by Gasteiger charge is 2.41. The molecule has 1 saturated carbocycles. The summed E-state index contributed by atoms with van der Waals surface area (Å²) in [6.07, 6.45) is 4.43. The Bertz CT molecular complexity index is 190. The topological polar surface area (TPSA) is 3.24 Å². The van der Waals surface area contributed by atoms with Gasteiger partial charge in [-0.2, -0.15) is 0 Å². The molecular weight excluding hydrogens is 170 g/mol. The average molecular weight is 195 g/mol. The van der Waals surface area contributed by atoms with Crippen molar-refractivity contribution in [1.29, 1.82) is 0 Å². The Balaban J connectivity index is 2.01. The molecule has 0 aromatic rings. The molecule has 1 nitrogen and oxygen atoms in total. The molecular formula is C13H25N. The van der Waals surface area contributed by atoms with Gasteiger partial charge in [0.25, 0.3) is 0 Å². The van der Waals surface area contributed by atoms with Gasteiger partial charge in [0.05, 0.1) is 0 Å². The predicted octanol–water partition coefficient (Wildman–Crippen LogP) is 3.01. The van der Waals surface area contributed by atoms with Crippen LogP contribution in [0.15, 0.2) is 0 Å². The fraction of sp³-hybridized carbons (Fsp3) is 1.00. The summed E-state index contributed by atoms with van der Waals surface area (Å²) in [6.45, 7) is 9.90. The van der Waals surface area contributed by atoms with Crippen molar-refractivity contribution < 1.29 is 0 Å². The predicted molar refractivity (Wildman–Crippen MR) is 61.3 cm³/mol. The normalized spacial score (nSPS) is 39.0. The summed E-state index contributed by atoms with van der Waals surface area (Å²) >= 11 is 0. The van der Waals surface area contributed by atoms with Crippen LogP contribution in [-0.2, 0) is 0 Å². The molecule has 0 radical (unpaired) electrons. The van der Waals surface area contributed by atoms with Gasteiger partial charge in [0, 0.05) is 13.1 Å². The summed E-state index contributed by atoms with van der Waals surface area (Å²) < 4.78 is 0. The van der Waals surface area contributed by atoms with Gasteiger partial charge in [0.1, 0.15) is 0 Å². The molecule has 0 aromatic heterocycles. The van der Waals surface area contributed by atoms with Gasteiger partial charge < -0.3 is 4.90 Å². The Morgan fingerprint density at radius 3 is 2.00 bits per heavy atom. The van der Waals surface area contributed by atoms with E-state index in [2.05, 4.69) is 32.7 Å². The average Bonchev–Trinajstić information content (AvgIpc) is 2.31. The van der Waals surface area contributed by atoms with Crippen LogP contribution in [0.4, 0.5) is 0 Å². The maximum absolute atomic E-state index is 2.54. The summed E-state index contributed by atoms with van der Waals surface area (Å²) in [6, 6.07) is 0. The lowest BCUT2D eigenvalue weighted by molar-refractivity contribution is 0.0985. The quantitative estimate of drug-likeness (QED) is 0.621. The van der Waals surface area contributed by atoms with Gasteiger partial charge in [-0.1, -0.05) is 20.8 Å². The molecule has 0 N–H and O–H groups in total. The summed E-state index contributed by atoms with van der Waals surface area (Å²) in [7, 11) is 2.29. The number of fused-ring (bicyclic) bond motifs is 2. The van der Waals surface area contributed by atoms with Gasteiger partial charge >= 0.3 is 0 Å². The van der Waals surface area contributed by atoms with Crippen molar-refractivity contribution in [3.8, 4) is 0 Å². The van der Waals surface area contributed by atoms with E-state index in [1.165, 1.54) is 32.4 Å². The summed E-state index contributed by atoms with van der Waals surface area (Å²) in [4.78, 5) is 2.54. The lowest BCUT2D eigenvalue weighted by atomic mass is 9.74. The third-order valence-corrected chi connectivity index (χ3v) is 4.06. The minimum absolute atomic E-state index is 0.529. The summed E-state index contributed by atoms with van der Waals surface area (Å²) in [5.41, 5.74) is 0.529. The molecule has 2 fully saturated rings. The molecule has 2 unspecified atom stereocenters. The number of rotatable bonds is 1. The van der Waals surface area contributed by atoms with Crippen LogP contribution in [0.5, 0.6) is 0 Å². The maximum Gasteiger partial charge on any atom is 0.000949 e. The molecule has 1 aliphatic heterocycles. The molecule has 2 aliphatic rings. The van der Waals surface area contributed by atoms with Crippen LogP contribution < -0.4 is 0 Å². The standard InChI is InChI=1S/C13H25N/c1-13(2,3)7-12-10-5-6-11(12)9-14(4)8-10/h10-12H,5-9H2,1-4H3. The van der Waals surface area contributed by atoms with Gasteiger partial charge in [0.2, 0.25) is 0 Å². The van der Waals surface area contributed by atoms with Crippen LogP contribution in [0, 0.1) is 23.2 Å². The molecule has 1 aliphatic carbocycles. The van der Waals surface area contributed by atoms with Gasteiger partial charge in [-0.3, -0.25) is 0 Å². The van der Waals surface area contributed by atoms with E-state index in [1.807, 2.05) is 0 Å². The van der Waals surface area contributed by atoms with Crippen molar-refractivity contribution in [2.75, 3.05) is 20.1 Å². The first-order valence-corrected chi connectivity index (χ1v) is 6.14. The first kappa shape index (κ1) is 10.5. The zero-order valence-electron chi connectivity index (χ0n) is 10.2. The van der Waals surface area contributed by atoms with Gasteiger partial charge in [-0.25, -0.2) is 0 Å². The first-order chi connectivity index (χ1) is 6.46. The van der Waals surface area contributed by atoms with E-state index < -0.39 is 0 Å². The SMILES string of the molecule is CN1CC2CCC(C1)C2CC(C)(C)C. The maximum atomic E-state index is 2.54. The molecule has 0 spiro atoms. The van der Waals surface area contributed by atoms with Crippen LogP contribution >= 0.6 is 0 Å². The Morgan fingerprint density at radius 1 is 1.07 bits per heavy atom. The molecule has 82 valence electrons. The van der Waals surface area contributed by atoms with Crippen molar-refractivity contribution in [2.45, 2.75) is 40.0 Å². The minimum Gasteiger partial charge on any atom is -0.306 e. The Hall–Kier alpha value is -0.0400. The van der Waals surface area contributed by atoms with Crippen molar-refractivity contribution in [3.63, 3.8) is 0 Å². The third-order valence-electron chi connectivity index (χ3n) is 4.06. The summed E-state index contributed by atoms with van der Waals surface area (Å²) in [5.74, 6) is 3.06. The van der Waals surface area contributed by atoms with Crippen LogP contribution in [-0.4, -0.2) is 25.0 Å². The first-order valence-electron chi connectivity index (χ1n) is 6.14. The number of piperidine rings is 1. The fourth-order valence-corrected chi connectivity index (χ4v) is 3.61. The fourth-order valence-electron chi connectivity index (χ4n) is 3.61. The zero-order chi connectivity index (χ0) is 10.3. The van der Waals surface area contributed by atoms with Crippen LogP contribution in [0.3, 0.4) is 0 Å². The van der Waals surface area contributed by atoms with E-state index in [0.717, 1.165) is 17.8 Å². The molecule has 1 saturated heterocycles.